The lowest BCUT2D eigenvalue weighted by Gasteiger charge is -2.24. The number of likely N-dealkylation sites (tertiary alicyclic amines) is 1. The zero-order valence-corrected chi connectivity index (χ0v) is 18.1. The molecule has 1 atom stereocenters. The first-order valence-electron chi connectivity index (χ1n) is 8.77. The van der Waals surface area contributed by atoms with Crippen LogP contribution < -0.4 is 10.1 Å². The number of amides is 1. The van der Waals surface area contributed by atoms with Gasteiger partial charge in [0.2, 0.25) is 0 Å². The Bertz CT molecular complexity index is 805. The van der Waals surface area contributed by atoms with Gasteiger partial charge in [-0.3, -0.25) is 19.8 Å². The number of nitro benzene ring substituents is 1. The van der Waals surface area contributed by atoms with Gasteiger partial charge in [-0.25, -0.2) is 0 Å². The second-order valence-electron chi connectivity index (χ2n) is 6.02. The highest BCUT2D eigenvalue weighted by Crippen LogP contribution is 2.39. The number of non-ortho nitro benzene ring substituents is 1. The number of alkyl halides is 1. The van der Waals surface area contributed by atoms with Crippen molar-refractivity contribution in [2.45, 2.75) is 32.9 Å². The van der Waals surface area contributed by atoms with Gasteiger partial charge in [0.05, 0.1) is 17.7 Å². The smallest absolute Gasteiger partial charge is 0.270 e. The first-order chi connectivity index (χ1) is 13.0. The number of hydrogen-bond acceptors (Lipinski definition) is 6. The van der Waals surface area contributed by atoms with E-state index in [4.69, 9.17) is 4.74 Å². The number of carbonyl (C=O) groups excluding carboxylic acids is 1. The minimum atomic E-state index is -0.442. The maximum atomic E-state index is 12.8. The van der Waals surface area contributed by atoms with E-state index in [1.165, 1.54) is 23.5 Å². The first kappa shape index (κ1) is 21.6. The molecule has 0 radical (unpaired) electrons. The molecule has 0 saturated carbocycles. The standard InChI is InChI=1S/C17H21N3O4S.CH3Br/c1-3-24-15-13-10-12(20(22)23)6-7-14(13)25-16(15)17(21)18-11(2)19-8-4-5-9-19;1-2/h6-7,10-11H,3-5,8-9H2,1-2H3,(H,18,21);1H3. The van der Waals surface area contributed by atoms with Crippen LogP contribution in [0.5, 0.6) is 5.75 Å². The topological polar surface area (TPSA) is 84.7 Å². The Balaban J connectivity index is 0.00000126. The molecule has 1 aliphatic rings. The molecule has 0 bridgehead atoms. The summed E-state index contributed by atoms with van der Waals surface area (Å²) >= 11 is 4.24. The molecule has 1 saturated heterocycles. The van der Waals surface area contributed by atoms with Gasteiger partial charge in [-0.15, -0.1) is 11.3 Å². The zero-order valence-electron chi connectivity index (χ0n) is 15.7. The number of fused-ring (bicyclic) bond motifs is 1. The van der Waals surface area contributed by atoms with Crippen molar-refractivity contribution in [1.82, 2.24) is 10.2 Å². The monoisotopic (exact) mass is 457 g/mol. The van der Waals surface area contributed by atoms with E-state index >= 15 is 0 Å². The van der Waals surface area contributed by atoms with Gasteiger partial charge in [-0.1, -0.05) is 15.9 Å². The fourth-order valence-electron chi connectivity index (χ4n) is 3.09. The summed E-state index contributed by atoms with van der Waals surface area (Å²) in [5.74, 6) is 2.04. The van der Waals surface area contributed by atoms with E-state index in [1.54, 1.807) is 6.07 Å². The molecule has 9 heteroatoms. The van der Waals surface area contributed by atoms with Gasteiger partial charge in [0, 0.05) is 35.3 Å². The van der Waals surface area contributed by atoms with Crippen molar-refractivity contribution in [3.05, 3.63) is 33.2 Å². The number of nitro groups is 1. The highest BCUT2D eigenvalue weighted by molar-refractivity contribution is 9.08. The number of nitrogens with zero attached hydrogens (tertiary/aromatic N) is 2. The van der Waals surface area contributed by atoms with Crippen LogP contribution in [0.1, 0.15) is 36.4 Å². The van der Waals surface area contributed by atoms with Crippen LogP contribution in [-0.4, -0.2) is 47.4 Å². The summed E-state index contributed by atoms with van der Waals surface area (Å²) in [7, 11) is 0. The molecule has 1 fully saturated rings. The summed E-state index contributed by atoms with van der Waals surface area (Å²) in [6.07, 6.45) is 2.25. The van der Waals surface area contributed by atoms with Crippen molar-refractivity contribution in [3.63, 3.8) is 0 Å². The lowest BCUT2D eigenvalue weighted by atomic mass is 10.2. The summed E-state index contributed by atoms with van der Waals surface area (Å²) in [5.41, 5.74) is -0.0105. The van der Waals surface area contributed by atoms with Crippen LogP contribution >= 0.6 is 27.3 Å². The van der Waals surface area contributed by atoms with E-state index < -0.39 is 4.92 Å². The highest BCUT2D eigenvalue weighted by atomic mass is 79.9. The molecule has 3 rings (SSSR count). The number of benzene rings is 1. The molecule has 1 aromatic carbocycles. The Hall–Kier alpha value is -1.71. The van der Waals surface area contributed by atoms with Crippen molar-refractivity contribution >= 4 is 48.9 Å². The van der Waals surface area contributed by atoms with Crippen molar-refractivity contribution in [1.29, 1.82) is 0 Å². The summed E-state index contributed by atoms with van der Waals surface area (Å²) < 4.78 is 6.47. The van der Waals surface area contributed by atoms with Crippen LogP contribution in [0.15, 0.2) is 18.2 Å². The molecule has 148 valence electrons. The third-order valence-corrected chi connectivity index (χ3v) is 5.51. The summed E-state index contributed by atoms with van der Waals surface area (Å²) in [5, 5.41) is 14.7. The molecule has 0 aliphatic carbocycles. The molecular formula is C18H24BrN3O4S. The Morgan fingerprint density at radius 1 is 1.41 bits per heavy atom. The number of ether oxygens (including phenoxy) is 1. The normalized spacial score (nSPS) is 15.1. The number of hydrogen-bond donors (Lipinski definition) is 1. The van der Waals surface area contributed by atoms with Crippen molar-refractivity contribution in [2.24, 2.45) is 0 Å². The summed E-state index contributed by atoms with van der Waals surface area (Å²) in [4.78, 5) is 26.0. The van der Waals surface area contributed by atoms with Crippen LogP contribution in [0, 0.1) is 10.1 Å². The third kappa shape index (κ3) is 4.97. The number of nitrogens with one attached hydrogen (secondary N) is 1. The maximum Gasteiger partial charge on any atom is 0.270 e. The number of carbonyl (C=O) groups is 1. The number of halogens is 1. The van der Waals surface area contributed by atoms with E-state index in [0.717, 1.165) is 30.6 Å². The predicted molar refractivity (Wildman–Crippen MR) is 112 cm³/mol. The molecule has 1 aliphatic heterocycles. The fraction of sp³-hybridized carbons (Fsp3) is 0.500. The zero-order chi connectivity index (χ0) is 20.0. The van der Waals surface area contributed by atoms with Gasteiger partial charge in [-0.2, -0.15) is 0 Å². The summed E-state index contributed by atoms with van der Waals surface area (Å²) in [6.45, 7) is 6.16. The van der Waals surface area contributed by atoms with E-state index in [2.05, 4.69) is 26.1 Å². The molecule has 27 heavy (non-hydrogen) atoms. The van der Waals surface area contributed by atoms with Gasteiger partial charge in [0.1, 0.15) is 4.88 Å². The SMILES string of the molecule is CBr.CCOc1c(C(=O)NC(C)N2CCCC2)sc2ccc([N+](=O)[O-])cc12. The highest BCUT2D eigenvalue weighted by Gasteiger charge is 2.25. The van der Waals surface area contributed by atoms with Crippen LogP contribution in [0.3, 0.4) is 0 Å². The summed E-state index contributed by atoms with van der Waals surface area (Å²) in [6, 6.07) is 4.59. The molecule has 2 heterocycles. The van der Waals surface area contributed by atoms with Gasteiger partial charge in [0.25, 0.3) is 11.6 Å². The Labute approximate surface area is 171 Å². The van der Waals surface area contributed by atoms with Crippen molar-refractivity contribution < 1.29 is 14.5 Å². The van der Waals surface area contributed by atoms with Gasteiger partial charge in [0.15, 0.2) is 5.75 Å². The number of thiophene rings is 1. The lowest BCUT2D eigenvalue weighted by Crippen LogP contribution is -2.44. The average Bonchev–Trinajstić information content (AvgIpc) is 3.32. The second kappa shape index (κ2) is 10.0. The van der Waals surface area contributed by atoms with Crippen molar-refractivity contribution in [2.75, 3.05) is 25.5 Å². The molecular weight excluding hydrogens is 434 g/mol. The largest absolute Gasteiger partial charge is 0.491 e. The second-order valence-corrected chi connectivity index (χ2v) is 7.08. The van der Waals surface area contributed by atoms with Crippen LogP contribution in [0.4, 0.5) is 5.69 Å². The molecule has 1 N–H and O–H groups in total. The minimum Gasteiger partial charge on any atom is -0.491 e. The Morgan fingerprint density at radius 3 is 2.67 bits per heavy atom. The molecule has 1 amide bonds. The van der Waals surface area contributed by atoms with Gasteiger partial charge in [-0.05, 0) is 38.6 Å². The third-order valence-electron chi connectivity index (χ3n) is 4.36. The van der Waals surface area contributed by atoms with E-state index in [1.807, 2.05) is 19.7 Å². The Kier molecular flexibility index (Phi) is 8.00. The predicted octanol–water partition coefficient (Wildman–Crippen LogP) is 4.39. The molecule has 2 aromatic rings. The Morgan fingerprint density at radius 2 is 2.07 bits per heavy atom. The van der Waals surface area contributed by atoms with E-state index in [9.17, 15) is 14.9 Å². The number of rotatable bonds is 6. The van der Waals surface area contributed by atoms with Gasteiger partial charge >= 0.3 is 0 Å². The first-order valence-corrected chi connectivity index (χ1v) is 11.2. The quantitative estimate of drug-likeness (QED) is 0.394. The van der Waals surface area contributed by atoms with Crippen molar-refractivity contribution in [3.8, 4) is 5.75 Å². The molecule has 0 spiro atoms. The fourth-order valence-corrected chi connectivity index (χ4v) is 4.12. The van der Waals surface area contributed by atoms with Crippen LogP contribution in [0.25, 0.3) is 10.1 Å². The molecule has 1 unspecified atom stereocenters. The van der Waals surface area contributed by atoms with Crippen LogP contribution in [-0.2, 0) is 0 Å². The average molecular weight is 458 g/mol. The molecule has 1 aromatic heterocycles. The lowest BCUT2D eigenvalue weighted by molar-refractivity contribution is -0.384. The molecule has 7 nitrogen and oxygen atoms in total. The van der Waals surface area contributed by atoms with Crippen LogP contribution in [0.2, 0.25) is 0 Å². The van der Waals surface area contributed by atoms with E-state index in [0.29, 0.717) is 22.6 Å². The minimum absolute atomic E-state index is 0.0105. The van der Waals surface area contributed by atoms with E-state index in [-0.39, 0.29) is 17.8 Å². The van der Waals surface area contributed by atoms with Gasteiger partial charge < -0.3 is 10.1 Å². The maximum absolute atomic E-state index is 12.8.